The van der Waals surface area contributed by atoms with Gasteiger partial charge < -0.3 is 15.4 Å². The van der Waals surface area contributed by atoms with Gasteiger partial charge in [0.25, 0.3) is 0 Å². The van der Waals surface area contributed by atoms with Gasteiger partial charge in [0.2, 0.25) is 5.82 Å². The van der Waals surface area contributed by atoms with Crippen LogP contribution in [0.3, 0.4) is 0 Å². The summed E-state index contributed by atoms with van der Waals surface area (Å²) in [6.45, 7) is 3.75. The van der Waals surface area contributed by atoms with Crippen LogP contribution in [-0.4, -0.2) is 36.8 Å². The van der Waals surface area contributed by atoms with Crippen LogP contribution >= 0.6 is 0 Å². The van der Waals surface area contributed by atoms with Gasteiger partial charge in [-0.1, -0.05) is 6.92 Å². The van der Waals surface area contributed by atoms with Gasteiger partial charge in [-0.2, -0.15) is 13.2 Å². The largest absolute Gasteiger partial charge is 0.451 e. The third-order valence-electron chi connectivity index (χ3n) is 2.36. The molecular formula is C12H19F3N4O. The molecule has 0 amide bonds. The zero-order valence-electron chi connectivity index (χ0n) is 11.5. The lowest BCUT2D eigenvalue weighted by atomic mass is 10.4. The van der Waals surface area contributed by atoms with E-state index in [-0.39, 0.29) is 11.6 Å². The molecule has 114 valence electrons. The van der Waals surface area contributed by atoms with Crippen LogP contribution in [-0.2, 0) is 10.9 Å². The van der Waals surface area contributed by atoms with Crippen molar-refractivity contribution in [3.63, 3.8) is 0 Å². The number of anilines is 2. The Labute approximate surface area is 116 Å². The summed E-state index contributed by atoms with van der Waals surface area (Å²) in [6, 6.07) is 1.43. The van der Waals surface area contributed by atoms with Crippen LogP contribution in [0.5, 0.6) is 0 Å². The summed E-state index contributed by atoms with van der Waals surface area (Å²) in [5.41, 5.74) is 0. The molecule has 0 saturated carbocycles. The van der Waals surface area contributed by atoms with Gasteiger partial charge in [-0.25, -0.2) is 9.97 Å². The molecule has 1 rings (SSSR count). The van der Waals surface area contributed by atoms with E-state index >= 15 is 0 Å². The molecule has 0 aromatic carbocycles. The highest BCUT2D eigenvalue weighted by atomic mass is 19.4. The molecule has 5 nitrogen and oxygen atoms in total. The lowest BCUT2D eigenvalue weighted by molar-refractivity contribution is -0.144. The molecule has 2 N–H and O–H groups in total. The molecule has 0 unspecified atom stereocenters. The van der Waals surface area contributed by atoms with Crippen LogP contribution in [0.15, 0.2) is 6.07 Å². The maximum atomic E-state index is 12.6. The van der Waals surface area contributed by atoms with Crippen molar-refractivity contribution in [1.29, 1.82) is 0 Å². The molecule has 0 spiro atoms. The van der Waals surface area contributed by atoms with E-state index in [0.29, 0.717) is 26.2 Å². The number of alkyl halides is 3. The van der Waals surface area contributed by atoms with Crippen LogP contribution in [0, 0.1) is 0 Å². The molecule has 8 heteroatoms. The zero-order chi connectivity index (χ0) is 15.0. The van der Waals surface area contributed by atoms with Gasteiger partial charge in [0.15, 0.2) is 0 Å². The molecule has 1 aromatic heterocycles. The van der Waals surface area contributed by atoms with Crippen molar-refractivity contribution < 1.29 is 17.9 Å². The molecule has 0 aliphatic heterocycles. The molecule has 20 heavy (non-hydrogen) atoms. The first-order chi connectivity index (χ1) is 9.47. The molecule has 0 bridgehead atoms. The van der Waals surface area contributed by atoms with Crippen LogP contribution in [0.25, 0.3) is 0 Å². The van der Waals surface area contributed by atoms with Crippen LogP contribution in [0.1, 0.15) is 25.6 Å². The van der Waals surface area contributed by atoms with Crippen LogP contribution in [0.4, 0.5) is 24.8 Å². The minimum Gasteiger partial charge on any atom is -0.381 e. The second-order valence-corrected chi connectivity index (χ2v) is 4.10. The van der Waals surface area contributed by atoms with E-state index in [4.69, 9.17) is 4.74 Å². The predicted molar refractivity (Wildman–Crippen MR) is 70.8 cm³/mol. The zero-order valence-corrected chi connectivity index (χ0v) is 11.5. The molecular weight excluding hydrogens is 273 g/mol. The van der Waals surface area contributed by atoms with Gasteiger partial charge in [0.1, 0.15) is 11.6 Å². The molecule has 0 fully saturated rings. The Morgan fingerprint density at radius 1 is 1.20 bits per heavy atom. The Balaban J connectivity index is 2.56. The summed E-state index contributed by atoms with van der Waals surface area (Å²) in [5, 5.41) is 5.42. The Kier molecular flexibility index (Phi) is 6.50. The van der Waals surface area contributed by atoms with E-state index in [9.17, 15) is 13.2 Å². The highest BCUT2D eigenvalue weighted by molar-refractivity contribution is 5.47. The number of hydrogen-bond donors (Lipinski definition) is 2. The average molecular weight is 292 g/mol. The lowest BCUT2D eigenvalue weighted by Gasteiger charge is -2.11. The molecule has 1 heterocycles. The van der Waals surface area contributed by atoms with Gasteiger partial charge in [-0.3, -0.25) is 0 Å². The topological polar surface area (TPSA) is 59.1 Å². The minimum atomic E-state index is -4.56. The summed E-state index contributed by atoms with van der Waals surface area (Å²) in [6.07, 6.45) is -2.92. The third-order valence-corrected chi connectivity index (χ3v) is 2.36. The second kappa shape index (κ2) is 7.88. The predicted octanol–water partition coefficient (Wildman–Crippen LogP) is 2.77. The first kappa shape index (κ1) is 16.5. The maximum absolute atomic E-state index is 12.6. The van der Waals surface area contributed by atoms with E-state index in [0.717, 1.165) is 6.42 Å². The quantitative estimate of drug-likeness (QED) is 0.722. The Morgan fingerprint density at radius 2 is 1.90 bits per heavy atom. The first-order valence-electron chi connectivity index (χ1n) is 6.43. The number of nitrogens with one attached hydrogen (secondary N) is 2. The summed E-state index contributed by atoms with van der Waals surface area (Å²) < 4.78 is 43.1. The van der Waals surface area contributed by atoms with Crippen molar-refractivity contribution in [3.8, 4) is 0 Å². The monoisotopic (exact) mass is 292 g/mol. The van der Waals surface area contributed by atoms with E-state index in [1.807, 2.05) is 6.92 Å². The maximum Gasteiger partial charge on any atom is 0.451 e. The van der Waals surface area contributed by atoms with Gasteiger partial charge in [-0.15, -0.1) is 0 Å². The molecule has 0 aliphatic carbocycles. The van der Waals surface area contributed by atoms with Crippen molar-refractivity contribution >= 4 is 11.6 Å². The average Bonchev–Trinajstić information content (AvgIpc) is 2.41. The number of nitrogens with zero attached hydrogens (tertiary/aromatic N) is 2. The lowest BCUT2D eigenvalue weighted by Crippen LogP contribution is -2.15. The summed E-state index contributed by atoms with van der Waals surface area (Å²) >= 11 is 0. The van der Waals surface area contributed by atoms with E-state index in [1.54, 1.807) is 0 Å². The number of hydrogen-bond acceptors (Lipinski definition) is 5. The van der Waals surface area contributed by atoms with Gasteiger partial charge in [-0.05, 0) is 12.8 Å². The summed E-state index contributed by atoms with van der Waals surface area (Å²) in [5.74, 6) is -0.890. The second-order valence-electron chi connectivity index (χ2n) is 4.10. The Bertz CT molecular complexity index is 412. The van der Waals surface area contributed by atoms with Crippen molar-refractivity contribution in [3.05, 3.63) is 11.9 Å². The fourth-order valence-corrected chi connectivity index (χ4v) is 1.43. The highest BCUT2D eigenvalue weighted by Gasteiger charge is 2.35. The molecule has 0 saturated heterocycles. The Hall–Kier alpha value is -1.57. The summed E-state index contributed by atoms with van der Waals surface area (Å²) in [4.78, 5) is 6.84. The first-order valence-corrected chi connectivity index (χ1v) is 6.43. The van der Waals surface area contributed by atoms with Gasteiger partial charge in [0, 0.05) is 32.9 Å². The standard InChI is InChI=1S/C12H19F3N4O/c1-3-6-20-7-4-5-17-10-8-9(16-2)18-11(19-10)12(13,14)15/h8H,3-7H2,1-2H3,(H2,16,17,18,19). The Morgan fingerprint density at radius 3 is 2.50 bits per heavy atom. The normalized spacial score (nSPS) is 11.4. The van der Waals surface area contributed by atoms with Crippen molar-refractivity contribution in [1.82, 2.24) is 9.97 Å². The molecule has 0 atom stereocenters. The molecule has 0 aliphatic rings. The highest BCUT2D eigenvalue weighted by Crippen LogP contribution is 2.28. The fraction of sp³-hybridized carbons (Fsp3) is 0.667. The minimum absolute atomic E-state index is 0.122. The van der Waals surface area contributed by atoms with Gasteiger partial charge >= 0.3 is 6.18 Å². The SMILES string of the molecule is CCCOCCCNc1cc(NC)nc(C(F)(F)F)n1. The third kappa shape index (κ3) is 5.60. The van der Waals surface area contributed by atoms with Gasteiger partial charge in [0.05, 0.1) is 0 Å². The number of aromatic nitrogens is 2. The van der Waals surface area contributed by atoms with E-state index in [1.165, 1.54) is 13.1 Å². The fourth-order valence-electron chi connectivity index (χ4n) is 1.43. The van der Waals surface area contributed by atoms with Crippen LogP contribution < -0.4 is 10.6 Å². The van der Waals surface area contributed by atoms with Crippen LogP contribution in [0.2, 0.25) is 0 Å². The van der Waals surface area contributed by atoms with Crippen molar-refractivity contribution in [2.75, 3.05) is 37.4 Å². The summed E-state index contributed by atoms with van der Waals surface area (Å²) in [7, 11) is 1.50. The van der Waals surface area contributed by atoms with E-state index in [2.05, 4.69) is 20.6 Å². The molecule has 0 radical (unpaired) electrons. The number of halogens is 3. The van der Waals surface area contributed by atoms with Crippen molar-refractivity contribution in [2.45, 2.75) is 25.9 Å². The molecule has 1 aromatic rings. The number of rotatable bonds is 8. The number of ether oxygens (including phenoxy) is 1. The van der Waals surface area contributed by atoms with E-state index < -0.39 is 12.0 Å². The smallest absolute Gasteiger partial charge is 0.381 e. The van der Waals surface area contributed by atoms with Crippen molar-refractivity contribution in [2.24, 2.45) is 0 Å².